The number of aromatic nitrogens is 7. The minimum atomic E-state index is -1.06. The lowest BCUT2D eigenvalue weighted by atomic mass is 10.0. The molecule has 2 saturated heterocycles. The second-order valence-corrected chi connectivity index (χ2v) is 15.9. The number of imide groups is 2. The maximum Gasteiger partial charge on any atom is 0.276 e. The molecule has 0 aliphatic carbocycles. The second kappa shape index (κ2) is 20.3. The normalized spacial score (nSPS) is 17.3. The van der Waals surface area contributed by atoms with Crippen LogP contribution >= 0.6 is 0 Å². The maximum atomic E-state index is 13.7. The van der Waals surface area contributed by atoms with E-state index in [1.165, 1.54) is 12.4 Å². The molecular weight excluding hydrogens is 867 g/mol. The number of piperidine rings is 2. The molecule has 3 aromatic heterocycles. The molecule has 5 amide bonds. The smallest absolute Gasteiger partial charge is 0.276 e. The van der Waals surface area contributed by atoms with Gasteiger partial charge in [-0.05, 0) is 67.8 Å². The average molecular weight is 914 g/mol. The Balaban J connectivity index is 0.681. The third kappa shape index (κ3) is 9.83. The number of carbonyl (C=O) groups is 5. The van der Waals surface area contributed by atoms with Crippen LogP contribution in [0.25, 0.3) is 22.3 Å². The van der Waals surface area contributed by atoms with E-state index in [1.807, 2.05) is 59.3 Å². The molecule has 3 aliphatic rings. The Bertz CT molecular complexity index is 2780. The number of fused-ring (bicyclic) bond motifs is 2. The van der Waals surface area contributed by atoms with E-state index in [0.29, 0.717) is 74.4 Å². The predicted molar refractivity (Wildman–Crippen MR) is 237 cm³/mol. The van der Waals surface area contributed by atoms with Gasteiger partial charge in [-0.25, -0.2) is 19.3 Å². The third-order valence-electron chi connectivity index (χ3n) is 11.5. The van der Waals surface area contributed by atoms with Crippen molar-refractivity contribution in [1.82, 2.24) is 49.9 Å². The first-order valence-corrected chi connectivity index (χ1v) is 22.0. The summed E-state index contributed by atoms with van der Waals surface area (Å²) in [6.45, 7) is 3.21. The summed E-state index contributed by atoms with van der Waals surface area (Å²) in [6, 6.07) is 20.6. The molecule has 0 spiro atoms. The largest absolute Gasteiger partial charge is 0.490 e. The molecular formula is C46H47N11O10. The summed E-state index contributed by atoms with van der Waals surface area (Å²) in [5.74, 6) is -0.648. The minimum Gasteiger partial charge on any atom is -0.490 e. The summed E-state index contributed by atoms with van der Waals surface area (Å²) in [5, 5.41) is 16.1. The van der Waals surface area contributed by atoms with Crippen LogP contribution in [0, 0.1) is 0 Å². The number of rotatable bonds is 19. The minimum absolute atomic E-state index is 0.0350. The molecule has 0 saturated carbocycles. The van der Waals surface area contributed by atoms with E-state index >= 15 is 0 Å². The summed E-state index contributed by atoms with van der Waals surface area (Å²) in [5.41, 5.74) is 8.92. The van der Waals surface area contributed by atoms with Crippen LogP contribution in [0.3, 0.4) is 0 Å². The van der Waals surface area contributed by atoms with Gasteiger partial charge in [0.25, 0.3) is 17.7 Å². The summed E-state index contributed by atoms with van der Waals surface area (Å²) in [7, 11) is 0. The zero-order valence-electron chi connectivity index (χ0n) is 36.3. The fourth-order valence-corrected chi connectivity index (χ4v) is 8.28. The van der Waals surface area contributed by atoms with E-state index in [0.717, 1.165) is 29.1 Å². The van der Waals surface area contributed by atoms with Crippen LogP contribution in [0.15, 0.2) is 85.3 Å². The molecule has 6 heterocycles. The van der Waals surface area contributed by atoms with Crippen molar-refractivity contribution in [2.24, 2.45) is 0 Å². The Labute approximate surface area is 383 Å². The van der Waals surface area contributed by atoms with E-state index < -0.39 is 29.7 Å². The van der Waals surface area contributed by atoms with E-state index in [2.05, 4.69) is 25.6 Å². The molecule has 3 aromatic carbocycles. The van der Waals surface area contributed by atoms with Crippen LogP contribution in [0.5, 0.6) is 17.2 Å². The number of para-hydroxylation sites is 1. The molecule has 2 fully saturated rings. The van der Waals surface area contributed by atoms with Gasteiger partial charge >= 0.3 is 0 Å². The van der Waals surface area contributed by atoms with Crippen LogP contribution < -0.4 is 20.5 Å². The number of amides is 5. The molecule has 3 N–H and O–H groups in total. The van der Waals surface area contributed by atoms with Crippen LogP contribution in [-0.2, 0) is 30.3 Å². The number of nitrogens with one attached hydrogen (secondary N) is 1. The second-order valence-electron chi connectivity index (χ2n) is 15.9. The number of anilines is 1. The predicted octanol–water partition coefficient (Wildman–Crippen LogP) is 3.47. The van der Waals surface area contributed by atoms with Crippen molar-refractivity contribution in [2.75, 3.05) is 65.1 Å². The SMILES string of the molecule is Nc1ncnc2c1c(-c1ccc(Oc3ccccc3)cc1)nn2[C@@H]1CCCN(C(=O)c2cn(CCOCCOCCOCCOc3cccc4c3C(=O)N(C3CCC(=O)NC3=O)C4=O)nn2)C1. The fourth-order valence-electron chi connectivity index (χ4n) is 8.28. The molecule has 2 atom stereocenters. The van der Waals surface area contributed by atoms with Crippen molar-refractivity contribution >= 4 is 46.4 Å². The van der Waals surface area contributed by atoms with Crippen molar-refractivity contribution in [3.05, 3.63) is 102 Å². The molecule has 21 heteroatoms. The Morgan fingerprint density at radius 2 is 1.55 bits per heavy atom. The number of carbonyl (C=O) groups excluding carboxylic acids is 5. The Kier molecular flexibility index (Phi) is 13.5. The number of nitrogen functional groups attached to an aromatic ring is 1. The lowest BCUT2D eigenvalue weighted by molar-refractivity contribution is -0.136. The van der Waals surface area contributed by atoms with Gasteiger partial charge in [0.15, 0.2) is 11.3 Å². The van der Waals surface area contributed by atoms with E-state index in [1.54, 1.807) is 27.9 Å². The van der Waals surface area contributed by atoms with Crippen LogP contribution in [0.1, 0.15) is 62.9 Å². The molecule has 346 valence electrons. The number of ether oxygens (including phenoxy) is 5. The standard InChI is InChI=1S/C46H47N11O10/c47-41-39-40(29-11-13-32(14-12-29)67-31-7-2-1-3-8-31)52-57(42(39)49-28-48-41)30-6-5-17-54(26-30)45(61)34-27-55(53-51-34)18-19-63-20-21-64-22-23-65-24-25-66-36-10-4-9-33-38(36)46(62)56(44(33)60)35-15-16-37(58)50-43(35)59/h1-4,7-14,27-28,30,35H,5-6,15-26H2,(H2,47,48,49)(H,50,58,59)/t30-,35?/m1/s1. The van der Waals surface area contributed by atoms with Crippen molar-refractivity contribution in [2.45, 2.75) is 44.3 Å². The monoisotopic (exact) mass is 913 g/mol. The number of benzene rings is 3. The highest BCUT2D eigenvalue weighted by Gasteiger charge is 2.46. The summed E-state index contributed by atoms with van der Waals surface area (Å²) >= 11 is 0. The van der Waals surface area contributed by atoms with Gasteiger partial charge in [-0.15, -0.1) is 5.10 Å². The van der Waals surface area contributed by atoms with Crippen LogP contribution in [0.4, 0.5) is 5.82 Å². The maximum absolute atomic E-state index is 13.7. The van der Waals surface area contributed by atoms with Crippen molar-refractivity contribution in [3.8, 4) is 28.5 Å². The third-order valence-corrected chi connectivity index (χ3v) is 11.5. The first-order valence-electron chi connectivity index (χ1n) is 22.0. The topological polar surface area (TPSA) is 250 Å². The van der Waals surface area contributed by atoms with E-state index in [4.69, 9.17) is 34.5 Å². The average Bonchev–Trinajstić information content (AvgIpc) is 4.05. The van der Waals surface area contributed by atoms with Gasteiger partial charge in [0.2, 0.25) is 11.8 Å². The van der Waals surface area contributed by atoms with Crippen LogP contribution in [0.2, 0.25) is 0 Å². The van der Waals surface area contributed by atoms with Gasteiger partial charge in [0.05, 0.1) is 74.9 Å². The Morgan fingerprint density at radius 1 is 0.806 bits per heavy atom. The van der Waals surface area contributed by atoms with E-state index in [9.17, 15) is 24.0 Å². The number of hydrogen-bond acceptors (Lipinski definition) is 16. The number of likely N-dealkylation sites (tertiary alicyclic amines) is 1. The Hall–Kier alpha value is -7.62. The van der Waals surface area contributed by atoms with Gasteiger partial charge in [-0.2, -0.15) is 5.10 Å². The lowest BCUT2D eigenvalue weighted by Gasteiger charge is -2.32. The number of hydrogen-bond donors (Lipinski definition) is 2. The fraction of sp³-hybridized carbons (Fsp3) is 0.348. The molecule has 1 unspecified atom stereocenters. The highest BCUT2D eigenvalue weighted by molar-refractivity contribution is 6.24. The van der Waals surface area contributed by atoms with Crippen LogP contribution in [-0.4, -0.2) is 139 Å². The van der Waals surface area contributed by atoms with Crippen molar-refractivity contribution in [1.29, 1.82) is 0 Å². The van der Waals surface area contributed by atoms with E-state index in [-0.39, 0.29) is 67.2 Å². The van der Waals surface area contributed by atoms with Gasteiger partial charge in [-0.1, -0.05) is 29.5 Å². The quantitative estimate of drug-likeness (QED) is 0.0872. The summed E-state index contributed by atoms with van der Waals surface area (Å²) in [4.78, 5) is 75.4. The first kappa shape index (κ1) is 44.6. The molecule has 6 aromatic rings. The zero-order chi connectivity index (χ0) is 46.3. The summed E-state index contributed by atoms with van der Waals surface area (Å²) < 4.78 is 32.1. The summed E-state index contributed by atoms with van der Waals surface area (Å²) in [6.07, 6.45) is 4.68. The van der Waals surface area contributed by atoms with Gasteiger partial charge in [-0.3, -0.25) is 34.2 Å². The first-order chi connectivity index (χ1) is 32.7. The number of nitrogens with two attached hydrogens (primary N) is 1. The number of nitrogens with zero attached hydrogens (tertiary/aromatic N) is 9. The lowest BCUT2D eigenvalue weighted by Crippen LogP contribution is -2.54. The van der Waals surface area contributed by atoms with Gasteiger partial charge in [0.1, 0.15) is 47.7 Å². The molecule has 0 bridgehead atoms. The molecule has 3 aliphatic heterocycles. The Morgan fingerprint density at radius 3 is 2.33 bits per heavy atom. The molecule has 21 nitrogen and oxygen atoms in total. The highest BCUT2D eigenvalue weighted by Crippen LogP contribution is 2.36. The van der Waals surface area contributed by atoms with Crippen molar-refractivity contribution < 1.29 is 47.7 Å². The zero-order valence-corrected chi connectivity index (χ0v) is 36.3. The van der Waals surface area contributed by atoms with Gasteiger partial charge in [0, 0.05) is 25.1 Å². The van der Waals surface area contributed by atoms with Crippen molar-refractivity contribution in [3.63, 3.8) is 0 Å². The highest BCUT2D eigenvalue weighted by atomic mass is 16.6. The molecule has 9 rings (SSSR count). The molecule has 67 heavy (non-hydrogen) atoms. The molecule has 0 radical (unpaired) electrons. The van der Waals surface area contributed by atoms with Gasteiger partial charge < -0.3 is 34.3 Å².